The van der Waals surface area contributed by atoms with Crippen LogP contribution in [0.4, 0.5) is 0 Å². The first-order valence-electron chi connectivity index (χ1n) is 7.74. The Kier molecular flexibility index (Phi) is 10.7. The topological polar surface area (TPSA) is 0 Å². The minimum Gasteiger partial charge on any atom is -0.100 e. The second-order valence-electron chi connectivity index (χ2n) is 5.96. The molecule has 0 spiro atoms. The Balaban J connectivity index is 3.65. The molecular weight excluding hydrogens is 204 g/mol. The first-order valence-corrected chi connectivity index (χ1v) is 7.74. The molecule has 0 rings (SSSR count). The fraction of sp³-hybridized carbons (Fsp3) is 0.882. The van der Waals surface area contributed by atoms with E-state index >= 15 is 0 Å². The van der Waals surface area contributed by atoms with Gasteiger partial charge in [0.25, 0.3) is 0 Å². The van der Waals surface area contributed by atoms with Crippen LogP contribution in [0.1, 0.15) is 85.5 Å². The number of hydrogen-bond donors (Lipinski definition) is 0. The lowest BCUT2D eigenvalue weighted by atomic mass is 9.87. The zero-order valence-electron chi connectivity index (χ0n) is 12.7. The molecule has 0 radical (unpaired) electrons. The van der Waals surface area contributed by atoms with Gasteiger partial charge in [0, 0.05) is 0 Å². The first-order chi connectivity index (χ1) is 8.10. The zero-order valence-corrected chi connectivity index (χ0v) is 12.7. The molecule has 0 heterocycles. The van der Waals surface area contributed by atoms with Gasteiger partial charge in [-0.25, -0.2) is 0 Å². The van der Waals surface area contributed by atoms with Crippen LogP contribution in [0.5, 0.6) is 0 Å². The van der Waals surface area contributed by atoms with Crippen LogP contribution in [-0.2, 0) is 0 Å². The lowest BCUT2D eigenvalue weighted by Crippen LogP contribution is -2.06. The zero-order chi connectivity index (χ0) is 13.1. The van der Waals surface area contributed by atoms with E-state index in [1.165, 1.54) is 63.4 Å². The maximum atomic E-state index is 3.97. The largest absolute Gasteiger partial charge is 0.100 e. The Hall–Kier alpha value is -0.260. The maximum absolute atomic E-state index is 3.97. The standard InChI is InChI=1S/C17H34/c1-6-11-17(14-16(5)7-2)13-10-8-9-12-15(3)4/h16-17H,3,6-14H2,1-2,4-5H3. The molecule has 0 bridgehead atoms. The van der Waals surface area contributed by atoms with Crippen molar-refractivity contribution in [1.82, 2.24) is 0 Å². The molecule has 2 unspecified atom stereocenters. The minimum atomic E-state index is 0.918. The summed E-state index contributed by atoms with van der Waals surface area (Å²) in [6.45, 7) is 13.2. The smallest absolute Gasteiger partial charge is 0.0326 e. The highest BCUT2D eigenvalue weighted by Gasteiger charge is 2.11. The number of unbranched alkanes of at least 4 members (excludes halogenated alkanes) is 2. The van der Waals surface area contributed by atoms with Gasteiger partial charge in [-0.2, -0.15) is 0 Å². The van der Waals surface area contributed by atoms with Gasteiger partial charge in [-0.05, 0) is 38.0 Å². The highest BCUT2D eigenvalue weighted by molar-refractivity contribution is 4.87. The molecule has 0 aliphatic carbocycles. The SMILES string of the molecule is C=C(C)CCCCCC(CCC)CC(C)CC. The van der Waals surface area contributed by atoms with E-state index in [2.05, 4.69) is 34.3 Å². The van der Waals surface area contributed by atoms with Crippen LogP contribution < -0.4 is 0 Å². The fourth-order valence-corrected chi connectivity index (χ4v) is 2.56. The van der Waals surface area contributed by atoms with E-state index in [0.717, 1.165) is 11.8 Å². The van der Waals surface area contributed by atoms with Crippen molar-refractivity contribution in [3.8, 4) is 0 Å². The van der Waals surface area contributed by atoms with Crippen molar-refractivity contribution < 1.29 is 0 Å². The molecule has 0 fully saturated rings. The predicted molar refractivity (Wildman–Crippen MR) is 80.4 cm³/mol. The van der Waals surface area contributed by atoms with Gasteiger partial charge in [-0.3, -0.25) is 0 Å². The Morgan fingerprint density at radius 1 is 1.06 bits per heavy atom. The van der Waals surface area contributed by atoms with Crippen LogP contribution in [0.2, 0.25) is 0 Å². The Bertz CT molecular complexity index is 180. The van der Waals surface area contributed by atoms with Gasteiger partial charge in [0.15, 0.2) is 0 Å². The van der Waals surface area contributed by atoms with Gasteiger partial charge in [-0.1, -0.05) is 64.9 Å². The molecule has 0 nitrogen and oxygen atoms in total. The maximum Gasteiger partial charge on any atom is -0.0326 e. The lowest BCUT2D eigenvalue weighted by molar-refractivity contribution is 0.332. The van der Waals surface area contributed by atoms with Gasteiger partial charge in [0.05, 0.1) is 0 Å². The van der Waals surface area contributed by atoms with Crippen molar-refractivity contribution in [2.24, 2.45) is 11.8 Å². The highest BCUT2D eigenvalue weighted by atomic mass is 14.2. The van der Waals surface area contributed by atoms with E-state index in [0.29, 0.717) is 0 Å². The highest BCUT2D eigenvalue weighted by Crippen LogP contribution is 2.25. The number of hydrogen-bond acceptors (Lipinski definition) is 0. The second kappa shape index (κ2) is 10.9. The van der Waals surface area contributed by atoms with E-state index in [9.17, 15) is 0 Å². The number of allylic oxidation sites excluding steroid dienone is 1. The van der Waals surface area contributed by atoms with Crippen molar-refractivity contribution >= 4 is 0 Å². The van der Waals surface area contributed by atoms with Gasteiger partial charge >= 0.3 is 0 Å². The Morgan fingerprint density at radius 3 is 2.29 bits per heavy atom. The third-order valence-electron chi connectivity index (χ3n) is 3.85. The second-order valence-corrected chi connectivity index (χ2v) is 5.96. The van der Waals surface area contributed by atoms with Crippen LogP contribution in [0.3, 0.4) is 0 Å². The van der Waals surface area contributed by atoms with E-state index < -0.39 is 0 Å². The quantitative estimate of drug-likeness (QED) is 0.290. The van der Waals surface area contributed by atoms with E-state index in [1.807, 2.05) is 0 Å². The lowest BCUT2D eigenvalue weighted by Gasteiger charge is -2.19. The summed E-state index contributed by atoms with van der Waals surface area (Å²) in [4.78, 5) is 0. The molecular formula is C17H34. The third kappa shape index (κ3) is 10.6. The molecule has 0 aliphatic heterocycles. The summed E-state index contributed by atoms with van der Waals surface area (Å²) in [5, 5.41) is 0. The predicted octanol–water partition coefficient (Wildman–Crippen LogP) is 6.37. The van der Waals surface area contributed by atoms with Crippen LogP contribution in [0.25, 0.3) is 0 Å². The first kappa shape index (κ1) is 16.7. The average Bonchev–Trinajstić information content (AvgIpc) is 2.28. The van der Waals surface area contributed by atoms with Crippen LogP contribution in [-0.4, -0.2) is 0 Å². The van der Waals surface area contributed by atoms with Gasteiger partial charge in [-0.15, -0.1) is 6.58 Å². The normalized spacial score (nSPS) is 14.6. The Morgan fingerprint density at radius 2 is 1.76 bits per heavy atom. The fourth-order valence-electron chi connectivity index (χ4n) is 2.56. The van der Waals surface area contributed by atoms with Gasteiger partial charge < -0.3 is 0 Å². The van der Waals surface area contributed by atoms with Crippen LogP contribution >= 0.6 is 0 Å². The van der Waals surface area contributed by atoms with Crippen LogP contribution in [0.15, 0.2) is 12.2 Å². The van der Waals surface area contributed by atoms with Crippen LogP contribution in [0, 0.1) is 11.8 Å². The summed E-state index contributed by atoms with van der Waals surface area (Å²) < 4.78 is 0. The average molecular weight is 238 g/mol. The third-order valence-corrected chi connectivity index (χ3v) is 3.85. The van der Waals surface area contributed by atoms with Crippen molar-refractivity contribution in [2.75, 3.05) is 0 Å². The van der Waals surface area contributed by atoms with Gasteiger partial charge in [0.2, 0.25) is 0 Å². The number of rotatable bonds is 11. The van der Waals surface area contributed by atoms with Crippen molar-refractivity contribution in [1.29, 1.82) is 0 Å². The summed E-state index contributed by atoms with van der Waals surface area (Å²) in [6.07, 6.45) is 12.4. The van der Waals surface area contributed by atoms with E-state index in [4.69, 9.17) is 0 Å². The summed E-state index contributed by atoms with van der Waals surface area (Å²) in [6, 6.07) is 0. The Labute approximate surface area is 110 Å². The molecule has 0 aromatic heterocycles. The van der Waals surface area contributed by atoms with E-state index in [-0.39, 0.29) is 0 Å². The van der Waals surface area contributed by atoms with Crippen molar-refractivity contribution in [3.63, 3.8) is 0 Å². The summed E-state index contributed by atoms with van der Waals surface area (Å²) in [7, 11) is 0. The monoisotopic (exact) mass is 238 g/mol. The summed E-state index contributed by atoms with van der Waals surface area (Å²) in [5.74, 6) is 1.90. The summed E-state index contributed by atoms with van der Waals surface area (Å²) in [5.41, 5.74) is 1.34. The van der Waals surface area contributed by atoms with Crippen molar-refractivity contribution in [3.05, 3.63) is 12.2 Å². The van der Waals surface area contributed by atoms with Crippen molar-refractivity contribution in [2.45, 2.75) is 85.5 Å². The molecule has 0 N–H and O–H groups in total. The molecule has 0 saturated carbocycles. The molecule has 0 saturated heterocycles. The molecule has 0 heteroatoms. The summed E-state index contributed by atoms with van der Waals surface area (Å²) >= 11 is 0. The molecule has 0 aliphatic rings. The molecule has 0 aromatic rings. The van der Waals surface area contributed by atoms with E-state index in [1.54, 1.807) is 0 Å². The minimum absolute atomic E-state index is 0.918. The van der Waals surface area contributed by atoms with Gasteiger partial charge in [0.1, 0.15) is 0 Å². The molecule has 17 heavy (non-hydrogen) atoms. The molecule has 2 atom stereocenters. The molecule has 0 aromatic carbocycles. The molecule has 0 amide bonds. The molecule has 102 valence electrons.